The Kier molecular flexibility index (Phi) is 3.79. The quantitative estimate of drug-likeness (QED) is 0.869. The molecule has 1 aliphatic rings. The van der Waals surface area contributed by atoms with Crippen molar-refractivity contribution in [2.75, 3.05) is 6.54 Å². The Labute approximate surface area is 104 Å². The second-order valence-corrected chi connectivity index (χ2v) is 5.44. The topological polar surface area (TPSA) is 34.1 Å². The molecule has 1 aromatic rings. The van der Waals surface area contributed by atoms with Crippen LogP contribution in [0.1, 0.15) is 38.1 Å². The van der Waals surface area contributed by atoms with Gasteiger partial charge < -0.3 is 10.1 Å². The summed E-state index contributed by atoms with van der Waals surface area (Å²) in [5.41, 5.74) is 2.23. The number of aryl methyl sites for hydroxylation is 1. The van der Waals surface area contributed by atoms with E-state index in [1.807, 2.05) is 13.0 Å². The average Bonchev–Trinajstić information content (AvgIpc) is 2.58. The summed E-state index contributed by atoms with van der Waals surface area (Å²) in [4.78, 5) is 4.46. The molecule has 3 nitrogen and oxygen atoms in total. The number of ether oxygens (including phenoxy) is 1. The molecule has 17 heavy (non-hydrogen) atoms. The van der Waals surface area contributed by atoms with Crippen LogP contribution in [0.15, 0.2) is 18.2 Å². The summed E-state index contributed by atoms with van der Waals surface area (Å²) in [5.74, 6) is 0. The molecule has 1 saturated heterocycles. The molecule has 2 rings (SSSR count). The molecule has 0 aliphatic carbocycles. The summed E-state index contributed by atoms with van der Waals surface area (Å²) in [6.45, 7) is 8.08. The molecule has 0 spiro atoms. The van der Waals surface area contributed by atoms with Gasteiger partial charge in [0.25, 0.3) is 0 Å². The van der Waals surface area contributed by atoms with Gasteiger partial charge in [-0.05, 0) is 45.7 Å². The van der Waals surface area contributed by atoms with Gasteiger partial charge in [0.2, 0.25) is 0 Å². The highest BCUT2D eigenvalue weighted by Gasteiger charge is 2.30. The van der Waals surface area contributed by atoms with E-state index in [0.717, 1.165) is 37.3 Å². The van der Waals surface area contributed by atoms with Crippen LogP contribution in [0.3, 0.4) is 0 Å². The predicted molar refractivity (Wildman–Crippen MR) is 68.9 cm³/mol. The monoisotopic (exact) mass is 234 g/mol. The van der Waals surface area contributed by atoms with Gasteiger partial charge in [-0.3, -0.25) is 4.98 Å². The second-order valence-electron chi connectivity index (χ2n) is 5.44. The first-order valence-electron chi connectivity index (χ1n) is 6.36. The molecule has 3 heteroatoms. The lowest BCUT2D eigenvalue weighted by molar-refractivity contribution is -0.0143. The molecule has 0 saturated carbocycles. The van der Waals surface area contributed by atoms with E-state index >= 15 is 0 Å². The van der Waals surface area contributed by atoms with E-state index in [4.69, 9.17) is 4.74 Å². The van der Waals surface area contributed by atoms with E-state index in [2.05, 4.69) is 36.3 Å². The summed E-state index contributed by atoms with van der Waals surface area (Å²) in [5, 5.41) is 3.42. The van der Waals surface area contributed by atoms with Crippen molar-refractivity contribution in [3.05, 3.63) is 29.6 Å². The SMILES string of the molecule is Cc1cccc(CNCC2CCC(C)(C)O2)n1. The van der Waals surface area contributed by atoms with E-state index < -0.39 is 0 Å². The summed E-state index contributed by atoms with van der Waals surface area (Å²) < 4.78 is 5.93. The molecule has 94 valence electrons. The molecule has 1 aliphatic heterocycles. The summed E-state index contributed by atoms with van der Waals surface area (Å²) in [7, 11) is 0. The molecule has 1 aromatic heterocycles. The van der Waals surface area contributed by atoms with Crippen molar-refractivity contribution < 1.29 is 4.74 Å². The van der Waals surface area contributed by atoms with Crippen molar-refractivity contribution in [2.24, 2.45) is 0 Å². The van der Waals surface area contributed by atoms with Gasteiger partial charge in [-0.25, -0.2) is 0 Å². The third-order valence-corrected chi connectivity index (χ3v) is 3.18. The Morgan fingerprint density at radius 3 is 2.94 bits per heavy atom. The van der Waals surface area contributed by atoms with Gasteiger partial charge in [-0.2, -0.15) is 0 Å². The van der Waals surface area contributed by atoms with Crippen LogP contribution in [0, 0.1) is 6.92 Å². The van der Waals surface area contributed by atoms with E-state index in [0.29, 0.717) is 6.10 Å². The van der Waals surface area contributed by atoms with Crippen molar-refractivity contribution >= 4 is 0 Å². The number of nitrogens with one attached hydrogen (secondary N) is 1. The first-order valence-corrected chi connectivity index (χ1v) is 6.36. The lowest BCUT2D eigenvalue weighted by Gasteiger charge is -2.19. The number of rotatable bonds is 4. The largest absolute Gasteiger partial charge is 0.371 e. The Balaban J connectivity index is 1.73. The van der Waals surface area contributed by atoms with Crippen LogP contribution in [0.2, 0.25) is 0 Å². The van der Waals surface area contributed by atoms with Crippen LogP contribution in [0.4, 0.5) is 0 Å². The zero-order valence-electron chi connectivity index (χ0n) is 11.0. The van der Waals surface area contributed by atoms with Crippen molar-refractivity contribution in [1.29, 1.82) is 0 Å². The number of aromatic nitrogens is 1. The van der Waals surface area contributed by atoms with Gasteiger partial charge in [0.05, 0.1) is 17.4 Å². The van der Waals surface area contributed by atoms with Crippen LogP contribution in [-0.2, 0) is 11.3 Å². The maximum atomic E-state index is 5.93. The highest BCUT2D eigenvalue weighted by molar-refractivity contribution is 5.09. The molecule has 1 atom stereocenters. The molecule has 0 radical (unpaired) electrons. The number of pyridine rings is 1. The van der Waals surface area contributed by atoms with Gasteiger partial charge in [0.1, 0.15) is 0 Å². The second kappa shape index (κ2) is 5.15. The highest BCUT2D eigenvalue weighted by atomic mass is 16.5. The molecule has 1 unspecified atom stereocenters. The Bertz CT molecular complexity index is 376. The lowest BCUT2D eigenvalue weighted by atomic mass is 10.1. The Morgan fingerprint density at radius 2 is 2.29 bits per heavy atom. The minimum Gasteiger partial charge on any atom is -0.371 e. The minimum absolute atomic E-state index is 0.0634. The van der Waals surface area contributed by atoms with Crippen LogP contribution in [-0.4, -0.2) is 23.2 Å². The van der Waals surface area contributed by atoms with Crippen molar-refractivity contribution in [3.8, 4) is 0 Å². The third-order valence-electron chi connectivity index (χ3n) is 3.18. The van der Waals surface area contributed by atoms with Crippen LogP contribution < -0.4 is 5.32 Å². The standard InChI is InChI=1S/C14H22N2O/c1-11-5-4-6-12(16-11)9-15-10-13-7-8-14(2,3)17-13/h4-6,13,15H,7-10H2,1-3H3. The fourth-order valence-corrected chi connectivity index (χ4v) is 2.28. The fourth-order valence-electron chi connectivity index (χ4n) is 2.28. The lowest BCUT2D eigenvalue weighted by Crippen LogP contribution is -2.29. The summed E-state index contributed by atoms with van der Waals surface area (Å²) in [6, 6.07) is 6.13. The summed E-state index contributed by atoms with van der Waals surface area (Å²) in [6.07, 6.45) is 2.67. The zero-order chi connectivity index (χ0) is 12.3. The number of hydrogen-bond donors (Lipinski definition) is 1. The normalized spacial score (nSPS) is 22.9. The first kappa shape index (κ1) is 12.5. The van der Waals surface area contributed by atoms with Crippen LogP contribution >= 0.6 is 0 Å². The van der Waals surface area contributed by atoms with Crippen molar-refractivity contribution in [3.63, 3.8) is 0 Å². The average molecular weight is 234 g/mol. The van der Waals surface area contributed by atoms with Crippen molar-refractivity contribution in [1.82, 2.24) is 10.3 Å². The van der Waals surface area contributed by atoms with E-state index in [1.165, 1.54) is 0 Å². The molecular weight excluding hydrogens is 212 g/mol. The molecule has 0 amide bonds. The molecule has 1 N–H and O–H groups in total. The molecule has 1 fully saturated rings. The van der Waals surface area contributed by atoms with Gasteiger partial charge in [-0.15, -0.1) is 0 Å². The number of nitrogens with zero attached hydrogens (tertiary/aromatic N) is 1. The molecular formula is C14H22N2O. The molecule has 0 bridgehead atoms. The first-order chi connectivity index (χ1) is 8.05. The minimum atomic E-state index is 0.0634. The van der Waals surface area contributed by atoms with Gasteiger partial charge in [-0.1, -0.05) is 6.07 Å². The number of hydrogen-bond acceptors (Lipinski definition) is 3. The Hall–Kier alpha value is -0.930. The molecule has 2 heterocycles. The van der Waals surface area contributed by atoms with E-state index in [9.17, 15) is 0 Å². The van der Waals surface area contributed by atoms with E-state index in [-0.39, 0.29) is 5.60 Å². The zero-order valence-corrected chi connectivity index (χ0v) is 11.0. The smallest absolute Gasteiger partial charge is 0.0707 e. The maximum absolute atomic E-state index is 5.93. The van der Waals surface area contributed by atoms with Crippen LogP contribution in [0.5, 0.6) is 0 Å². The fraction of sp³-hybridized carbons (Fsp3) is 0.643. The molecule has 0 aromatic carbocycles. The van der Waals surface area contributed by atoms with Crippen LogP contribution in [0.25, 0.3) is 0 Å². The maximum Gasteiger partial charge on any atom is 0.0707 e. The predicted octanol–water partition coefficient (Wildman–Crippen LogP) is 2.44. The van der Waals surface area contributed by atoms with Gasteiger partial charge in [0, 0.05) is 18.8 Å². The summed E-state index contributed by atoms with van der Waals surface area (Å²) >= 11 is 0. The Morgan fingerprint density at radius 1 is 1.47 bits per heavy atom. The highest BCUT2D eigenvalue weighted by Crippen LogP contribution is 2.28. The van der Waals surface area contributed by atoms with Gasteiger partial charge >= 0.3 is 0 Å². The van der Waals surface area contributed by atoms with E-state index in [1.54, 1.807) is 0 Å². The van der Waals surface area contributed by atoms with Crippen molar-refractivity contribution in [2.45, 2.75) is 51.9 Å². The third kappa shape index (κ3) is 3.79. The van der Waals surface area contributed by atoms with Gasteiger partial charge in [0.15, 0.2) is 0 Å².